The predicted molar refractivity (Wildman–Crippen MR) is 88.9 cm³/mol. The van der Waals surface area contributed by atoms with E-state index >= 15 is 0 Å². The lowest BCUT2D eigenvalue weighted by Crippen LogP contribution is -2.36. The van der Waals surface area contributed by atoms with Crippen LogP contribution in [0.4, 0.5) is 0 Å². The van der Waals surface area contributed by atoms with Gasteiger partial charge in [0.25, 0.3) is 0 Å². The Morgan fingerprint density at radius 2 is 2.26 bits per heavy atom. The van der Waals surface area contributed by atoms with E-state index in [4.69, 9.17) is 5.21 Å². The number of guanidine groups is 1. The van der Waals surface area contributed by atoms with Gasteiger partial charge < -0.3 is 5.32 Å². The molecule has 0 fully saturated rings. The number of rotatable bonds is 5. The minimum Gasteiger partial charge on any atom is -0.354 e. The SMILES string of the molecule is CN=C(NO)NCCSCc1ncccc1Br.Cl.Cl. The zero-order valence-electron chi connectivity index (χ0n) is 10.3. The molecule has 0 saturated carbocycles. The third-order valence-electron chi connectivity index (χ3n) is 1.94. The fourth-order valence-electron chi connectivity index (χ4n) is 1.10. The van der Waals surface area contributed by atoms with Gasteiger partial charge in [0, 0.05) is 35.8 Å². The molecular weight excluding hydrogens is 375 g/mol. The third-order valence-corrected chi connectivity index (χ3v) is 3.63. The lowest BCUT2D eigenvalue weighted by Gasteiger charge is -2.07. The Kier molecular flexibility index (Phi) is 14.2. The van der Waals surface area contributed by atoms with E-state index in [9.17, 15) is 0 Å². The van der Waals surface area contributed by atoms with Crippen LogP contribution < -0.4 is 10.8 Å². The minimum absolute atomic E-state index is 0. The van der Waals surface area contributed by atoms with Gasteiger partial charge in [-0.3, -0.25) is 15.2 Å². The van der Waals surface area contributed by atoms with Gasteiger partial charge in [0.1, 0.15) is 0 Å². The first-order valence-electron chi connectivity index (χ1n) is 5.06. The Morgan fingerprint density at radius 3 is 2.84 bits per heavy atom. The van der Waals surface area contributed by atoms with E-state index in [0.717, 1.165) is 28.2 Å². The molecule has 0 aromatic carbocycles. The average Bonchev–Trinajstić information content (AvgIpc) is 2.36. The fraction of sp³-hybridized carbons (Fsp3) is 0.400. The van der Waals surface area contributed by atoms with E-state index in [1.807, 2.05) is 17.6 Å². The first kappa shape index (κ1) is 21.1. The standard InChI is InChI=1S/C10H15BrN4OS.2ClH/c1-12-10(15-16)14-5-6-17-7-9-8(11)3-2-4-13-9;;/h2-4,16H,5-7H2,1H3,(H2,12,14,15);2*1H. The van der Waals surface area contributed by atoms with E-state index in [0.29, 0.717) is 5.96 Å². The molecule has 19 heavy (non-hydrogen) atoms. The molecule has 0 radical (unpaired) electrons. The normalized spacial score (nSPS) is 10.2. The maximum atomic E-state index is 8.63. The first-order valence-corrected chi connectivity index (χ1v) is 7.00. The maximum absolute atomic E-state index is 8.63. The summed E-state index contributed by atoms with van der Waals surface area (Å²) >= 11 is 5.22. The number of aliphatic imine (C=N–C) groups is 1. The third kappa shape index (κ3) is 8.54. The molecule has 1 aromatic rings. The van der Waals surface area contributed by atoms with Gasteiger partial charge in [-0.05, 0) is 28.1 Å². The van der Waals surface area contributed by atoms with Gasteiger partial charge >= 0.3 is 0 Å². The zero-order valence-corrected chi connectivity index (χ0v) is 14.3. The van der Waals surface area contributed by atoms with Crippen LogP contribution in [-0.4, -0.2) is 35.5 Å². The number of nitrogens with zero attached hydrogens (tertiary/aromatic N) is 2. The maximum Gasteiger partial charge on any atom is 0.215 e. The Labute approximate surface area is 138 Å². The van der Waals surface area contributed by atoms with Crippen molar-refractivity contribution in [2.45, 2.75) is 5.75 Å². The second-order valence-corrected chi connectivity index (χ2v) is 5.05. The van der Waals surface area contributed by atoms with E-state index < -0.39 is 0 Å². The summed E-state index contributed by atoms with van der Waals surface area (Å²) < 4.78 is 1.04. The van der Waals surface area contributed by atoms with E-state index in [2.05, 4.69) is 31.2 Å². The Hall–Kier alpha value is -0.210. The largest absolute Gasteiger partial charge is 0.354 e. The number of pyridine rings is 1. The smallest absolute Gasteiger partial charge is 0.215 e. The molecular formula is C10H17BrCl2N4OS. The van der Waals surface area contributed by atoms with Crippen LogP contribution >= 0.6 is 52.5 Å². The molecule has 110 valence electrons. The minimum atomic E-state index is 0. The van der Waals surface area contributed by atoms with Crippen LogP contribution in [0.25, 0.3) is 0 Å². The van der Waals surface area contributed by atoms with Crippen molar-refractivity contribution in [3.05, 3.63) is 28.5 Å². The van der Waals surface area contributed by atoms with E-state index in [1.54, 1.807) is 25.0 Å². The molecule has 9 heteroatoms. The highest BCUT2D eigenvalue weighted by molar-refractivity contribution is 9.10. The van der Waals surface area contributed by atoms with E-state index in [1.165, 1.54) is 0 Å². The van der Waals surface area contributed by atoms with Gasteiger partial charge in [-0.1, -0.05) is 0 Å². The molecule has 1 heterocycles. The Morgan fingerprint density at radius 1 is 1.53 bits per heavy atom. The first-order chi connectivity index (χ1) is 8.27. The fourth-order valence-corrected chi connectivity index (χ4v) is 2.50. The molecule has 1 rings (SSSR count). The highest BCUT2D eigenvalue weighted by Gasteiger charge is 2.00. The van der Waals surface area contributed by atoms with E-state index in [-0.39, 0.29) is 24.8 Å². The van der Waals surface area contributed by atoms with Crippen molar-refractivity contribution < 1.29 is 5.21 Å². The number of nitrogens with one attached hydrogen (secondary N) is 2. The highest BCUT2D eigenvalue weighted by Crippen LogP contribution is 2.18. The summed E-state index contributed by atoms with van der Waals surface area (Å²) in [6.45, 7) is 0.732. The molecule has 0 spiro atoms. The predicted octanol–water partition coefficient (Wildman–Crippen LogP) is 2.48. The summed E-state index contributed by atoms with van der Waals surface area (Å²) in [5.74, 6) is 2.14. The summed E-state index contributed by atoms with van der Waals surface area (Å²) in [5, 5.41) is 11.6. The lowest BCUT2D eigenvalue weighted by molar-refractivity contribution is 0.229. The number of hydrogen-bond donors (Lipinski definition) is 3. The molecule has 1 aromatic heterocycles. The van der Waals surface area contributed by atoms with Crippen LogP contribution in [0, 0.1) is 0 Å². The molecule has 0 aliphatic carbocycles. The number of hydrogen-bond acceptors (Lipinski definition) is 4. The Bertz CT molecular complexity index is 384. The van der Waals surface area contributed by atoms with Crippen LogP contribution in [0.3, 0.4) is 0 Å². The number of hydroxylamine groups is 1. The van der Waals surface area contributed by atoms with Crippen molar-refractivity contribution in [1.82, 2.24) is 15.8 Å². The van der Waals surface area contributed by atoms with Crippen LogP contribution in [0.5, 0.6) is 0 Å². The quantitative estimate of drug-likeness (QED) is 0.311. The summed E-state index contributed by atoms with van der Waals surface area (Å²) in [6, 6.07) is 3.88. The van der Waals surface area contributed by atoms with Crippen molar-refractivity contribution in [1.29, 1.82) is 0 Å². The van der Waals surface area contributed by atoms with Crippen LogP contribution in [0.15, 0.2) is 27.8 Å². The molecule has 0 unspecified atom stereocenters. The van der Waals surface area contributed by atoms with Crippen molar-refractivity contribution in [2.24, 2.45) is 4.99 Å². The van der Waals surface area contributed by atoms with Crippen molar-refractivity contribution in [2.75, 3.05) is 19.3 Å². The molecule has 0 bridgehead atoms. The molecule has 0 atom stereocenters. The van der Waals surface area contributed by atoms with Gasteiger partial charge in [0.15, 0.2) is 0 Å². The number of thioether (sulfide) groups is 1. The summed E-state index contributed by atoms with van der Waals surface area (Å²) in [5.41, 5.74) is 3.02. The van der Waals surface area contributed by atoms with Crippen molar-refractivity contribution in [3.63, 3.8) is 0 Å². The topological polar surface area (TPSA) is 69.5 Å². The summed E-state index contributed by atoms with van der Waals surface area (Å²) in [7, 11) is 1.60. The molecule has 5 nitrogen and oxygen atoms in total. The number of halogens is 3. The average molecular weight is 392 g/mol. The summed E-state index contributed by atoms with van der Waals surface area (Å²) in [6.07, 6.45) is 1.79. The summed E-state index contributed by atoms with van der Waals surface area (Å²) in [4.78, 5) is 8.07. The van der Waals surface area contributed by atoms with Gasteiger partial charge in [-0.2, -0.15) is 11.8 Å². The lowest BCUT2D eigenvalue weighted by atomic mass is 10.4. The highest BCUT2D eigenvalue weighted by atomic mass is 79.9. The van der Waals surface area contributed by atoms with Gasteiger partial charge in [0.05, 0.1) is 5.69 Å². The molecule has 3 N–H and O–H groups in total. The van der Waals surface area contributed by atoms with Gasteiger partial charge in [-0.15, -0.1) is 24.8 Å². The second-order valence-electron chi connectivity index (χ2n) is 3.10. The van der Waals surface area contributed by atoms with Crippen LogP contribution in [0.2, 0.25) is 0 Å². The Balaban J connectivity index is 0. The zero-order chi connectivity index (χ0) is 12.5. The van der Waals surface area contributed by atoms with Gasteiger partial charge in [0.2, 0.25) is 5.96 Å². The second kappa shape index (κ2) is 12.8. The van der Waals surface area contributed by atoms with Crippen molar-refractivity contribution in [3.8, 4) is 0 Å². The molecule has 0 aliphatic heterocycles. The monoisotopic (exact) mass is 390 g/mol. The van der Waals surface area contributed by atoms with Crippen LogP contribution in [-0.2, 0) is 5.75 Å². The van der Waals surface area contributed by atoms with Crippen molar-refractivity contribution >= 4 is 58.5 Å². The van der Waals surface area contributed by atoms with Crippen LogP contribution in [0.1, 0.15) is 5.69 Å². The number of aromatic nitrogens is 1. The molecule has 0 saturated heterocycles. The molecule has 0 aliphatic rings. The molecule has 0 amide bonds. The van der Waals surface area contributed by atoms with Gasteiger partial charge in [-0.25, -0.2) is 5.48 Å².